The number of rotatable bonds is 6. The average Bonchev–Trinajstić information content (AvgIpc) is 2.59. The highest BCUT2D eigenvalue weighted by Gasteiger charge is 2.25. The molecule has 26 heavy (non-hydrogen) atoms. The Morgan fingerprint density at radius 1 is 1.23 bits per heavy atom. The Labute approximate surface area is 155 Å². The lowest BCUT2D eigenvalue weighted by Crippen LogP contribution is -2.52. The number of amides is 2. The molecule has 1 heterocycles. The van der Waals surface area contributed by atoms with Crippen LogP contribution in [-0.2, 0) is 9.47 Å². The minimum Gasteiger partial charge on any atom is -0.462 e. The lowest BCUT2D eigenvalue weighted by atomic mass is 10.2. The number of morpholine rings is 1. The second-order valence-corrected chi connectivity index (χ2v) is 6.69. The largest absolute Gasteiger partial charge is 0.462 e. The molecule has 7 nitrogen and oxygen atoms in total. The molecule has 1 fully saturated rings. The van der Waals surface area contributed by atoms with Crippen molar-refractivity contribution in [3.8, 4) is 0 Å². The van der Waals surface area contributed by atoms with Crippen LogP contribution in [0.3, 0.4) is 0 Å². The fourth-order valence-corrected chi connectivity index (χ4v) is 3.03. The maximum atomic E-state index is 12.1. The summed E-state index contributed by atoms with van der Waals surface area (Å²) in [4.78, 5) is 26.0. The highest BCUT2D eigenvalue weighted by molar-refractivity contribution is 5.92. The Morgan fingerprint density at radius 2 is 1.85 bits per heavy atom. The molecule has 0 bridgehead atoms. The Morgan fingerprint density at radius 3 is 2.42 bits per heavy atom. The zero-order valence-electron chi connectivity index (χ0n) is 16.0. The summed E-state index contributed by atoms with van der Waals surface area (Å²) in [6, 6.07) is 6.58. The molecule has 0 saturated carbocycles. The number of nitrogens with zero attached hydrogens (tertiary/aromatic N) is 1. The fraction of sp³-hybridized carbons (Fsp3) is 0.579. The van der Waals surface area contributed by atoms with Gasteiger partial charge in [0.15, 0.2) is 0 Å². The molecule has 1 aliphatic heterocycles. The van der Waals surface area contributed by atoms with Gasteiger partial charge in [-0.05, 0) is 52.0 Å². The Bertz CT molecular complexity index is 595. The molecular formula is C19H29N3O4. The molecule has 0 unspecified atom stereocenters. The van der Waals surface area contributed by atoms with E-state index in [4.69, 9.17) is 9.47 Å². The van der Waals surface area contributed by atoms with Gasteiger partial charge in [0.2, 0.25) is 0 Å². The fourth-order valence-electron chi connectivity index (χ4n) is 3.03. The summed E-state index contributed by atoms with van der Waals surface area (Å²) < 4.78 is 10.7. The first kappa shape index (κ1) is 20.2. The van der Waals surface area contributed by atoms with E-state index in [-0.39, 0.29) is 30.3 Å². The first-order chi connectivity index (χ1) is 12.4. The van der Waals surface area contributed by atoms with E-state index in [9.17, 15) is 9.59 Å². The average molecular weight is 363 g/mol. The van der Waals surface area contributed by atoms with E-state index in [1.165, 1.54) is 0 Å². The van der Waals surface area contributed by atoms with Gasteiger partial charge in [-0.15, -0.1) is 0 Å². The third-order valence-corrected chi connectivity index (χ3v) is 4.28. The summed E-state index contributed by atoms with van der Waals surface area (Å²) in [5.74, 6) is -0.369. The van der Waals surface area contributed by atoms with Gasteiger partial charge in [0.1, 0.15) is 0 Å². The van der Waals surface area contributed by atoms with Crippen molar-refractivity contribution < 1.29 is 19.1 Å². The van der Waals surface area contributed by atoms with E-state index < -0.39 is 0 Å². The zero-order valence-corrected chi connectivity index (χ0v) is 16.0. The van der Waals surface area contributed by atoms with E-state index in [1.54, 1.807) is 31.2 Å². The van der Waals surface area contributed by atoms with Crippen LogP contribution in [0.1, 0.15) is 38.1 Å². The predicted octanol–water partition coefficient (Wildman–Crippen LogP) is 2.48. The SMILES string of the molecule is CCOC(=O)c1ccc(NC(=O)NC[C@H](C)N2C[C@H](C)O[C@@H](C)C2)cc1. The van der Waals surface area contributed by atoms with Crippen LogP contribution in [0.5, 0.6) is 0 Å². The topological polar surface area (TPSA) is 79.9 Å². The van der Waals surface area contributed by atoms with Crippen LogP contribution >= 0.6 is 0 Å². The Hall–Kier alpha value is -2.12. The summed E-state index contributed by atoms with van der Waals surface area (Å²) >= 11 is 0. The van der Waals surface area contributed by atoms with Crippen LogP contribution < -0.4 is 10.6 Å². The number of hydrogen-bond donors (Lipinski definition) is 2. The number of urea groups is 1. The summed E-state index contributed by atoms with van der Waals surface area (Å²) in [5.41, 5.74) is 1.08. The molecule has 2 rings (SSSR count). The maximum Gasteiger partial charge on any atom is 0.338 e. The Balaban J connectivity index is 1.78. The van der Waals surface area contributed by atoms with E-state index in [1.807, 2.05) is 0 Å². The highest BCUT2D eigenvalue weighted by atomic mass is 16.5. The van der Waals surface area contributed by atoms with Gasteiger partial charge in [0.05, 0.1) is 24.4 Å². The monoisotopic (exact) mass is 363 g/mol. The van der Waals surface area contributed by atoms with Crippen LogP contribution in [0.2, 0.25) is 0 Å². The molecule has 0 aliphatic carbocycles. The number of ether oxygens (including phenoxy) is 2. The summed E-state index contributed by atoms with van der Waals surface area (Å²) in [7, 11) is 0. The van der Waals surface area contributed by atoms with E-state index in [0.29, 0.717) is 24.4 Å². The number of nitrogens with one attached hydrogen (secondary N) is 2. The van der Waals surface area contributed by atoms with E-state index >= 15 is 0 Å². The molecule has 0 aromatic heterocycles. The van der Waals surface area contributed by atoms with Gasteiger partial charge in [-0.1, -0.05) is 0 Å². The predicted molar refractivity (Wildman–Crippen MR) is 100 cm³/mol. The van der Waals surface area contributed by atoms with Crippen LogP contribution in [0.4, 0.5) is 10.5 Å². The van der Waals surface area contributed by atoms with Crippen molar-refractivity contribution in [1.29, 1.82) is 0 Å². The molecule has 2 N–H and O–H groups in total. The van der Waals surface area contributed by atoms with Crippen LogP contribution in [0, 0.1) is 0 Å². The zero-order chi connectivity index (χ0) is 19.1. The van der Waals surface area contributed by atoms with Gasteiger partial charge in [-0.3, -0.25) is 4.90 Å². The summed E-state index contributed by atoms with van der Waals surface area (Å²) in [5, 5.41) is 5.66. The van der Waals surface area contributed by atoms with Crippen LogP contribution in [0.25, 0.3) is 0 Å². The number of benzene rings is 1. The number of carbonyl (C=O) groups excluding carboxylic acids is 2. The Kier molecular flexibility index (Phi) is 7.41. The quantitative estimate of drug-likeness (QED) is 0.759. The van der Waals surface area contributed by atoms with Gasteiger partial charge >= 0.3 is 12.0 Å². The highest BCUT2D eigenvalue weighted by Crippen LogP contribution is 2.13. The molecule has 1 saturated heterocycles. The molecule has 7 heteroatoms. The molecule has 1 aromatic rings. The first-order valence-corrected chi connectivity index (χ1v) is 9.10. The van der Waals surface area contributed by atoms with E-state index in [2.05, 4.69) is 36.3 Å². The molecule has 2 amide bonds. The first-order valence-electron chi connectivity index (χ1n) is 9.10. The van der Waals surface area contributed by atoms with Gasteiger partial charge < -0.3 is 20.1 Å². The van der Waals surface area contributed by atoms with Gasteiger partial charge in [0, 0.05) is 31.4 Å². The minimum absolute atomic E-state index is 0.202. The lowest BCUT2D eigenvalue weighted by Gasteiger charge is -2.38. The number of esters is 1. The normalized spacial score (nSPS) is 21.7. The van der Waals surface area contributed by atoms with Gasteiger partial charge in [0.25, 0.3) is 0 Å². The smallest absolute Gasteiger partial charge is 0.338 e. The van der Waals surface area contributed by atoms with Crippen molar-refractivity contribution in [2.75, 3.05) is 31.6 Å². The van der Waals surface area contributed by atoms with E-state index in [0.717, 1.165) is 13.1 Å². The third-order valence-electron chi connectivity index (χ3n) is 4.28. The third kappa shape index (κ3) is 6.00. The van der Waals surface area contributed by atoms with Crippen molar-refractivity contribution >= 4 is 17.7 Å². The van der Waals surface area contributed by atoms with Gasteiger partial charge in [-0.2, -0.15) is 0 Å². The van der Waals surface area contributed by atoms with Crippen molar-refractivity contribution in [3.05, 3.63) is 29.8 Å². The second-order valence-electron chi connectivity index (χ2n) is 6.69. The summed E-state index contributed by atoms with van der Waals surface area (Å²) in [6.07, 6.45) is 0.404. The van der Waals surface area contributed by atoms with Crippen LogP contribution in [0.15, 0.2) is 24.3 Å². The van der Waals surface area contributed by atoms with Crippen molar-refractivity contribution in [3.63, 3.8) is 0 Å². The maximum absolute atomic E-state index is 12.1. The number of hydrogen-bond acceptors (Lipinski definition) is 5. The standard InChI is InChI=1S/C19H29N3O4/c1-5-25-18(23)16-6-8-17(9-7-16)21-19(24)20-10-13(2)22-11-14(3)26-15(4)12-22/h6-9,13-15H,5,10-12H2,1-4H3,(H2,20,21,24)/t13-,14-,15-/m0/s1. The molecule has 144 valence electrons. The molecule has 1 aromatic carbocycles. The van der Waals surface area contributed by atoms with Crippen LogP contribution in [-0.4, -0.2) is 61.4 Å². The molecular weight excluding hydrogens is 334 g/mol. The molecule has 3 atom stereocenters. The van der Waals surface area contributed by atoms with Crippen molar-refractivity contribution in [2.45, 2.75) is 45.9 Å². The minimum atomic E-state index is -0.369. The summed E-state index contributed by atoms with van der Waals surface area (Å²) in [6.45, 7) is 10.6. The molecule has 0 spiro atoms. The molecule has 0 radical (unpaired) electrons. The van der Waals surface area contributed by atoms with Crippen molar-refractivity contribution in [1.82, 2.24) is 10.2 Å². The lowest BCUT2D eigenvalue weighted by molar-refractivity contribution is -0.0777. The van der Waals surface area contributed by atoms with Gasteiger partial charge in [-0.25, -0.2) is 9.59 Å². The number of anilines is 1. The van der Waals surface area contributed by atoms with Crippen molar-refractivity contribution in [2.24, 2.45) is 0 Å². The number of carbonyl (C=O) groups is 2. The molecule has 1 aliphatic rings. The second kappa shape index (κ2) is 9.54.